The molecule has 4 rings (SSSR count). The first-order valence-corrected chi connectivity index (χ1v) is 10.2. The molecule has 1 amide bonds. The second-order valence-corrected chi connectivity index (χ2v) is 7.86. The number of likely N-dealkylation sites (tertiary alicyclic amines) is 1. The Bertz CT molecular complexity index is 873. The third-order valence-electron chi connectivity index (χ3n) is 6.28. The van der Waals surface area contributed by atoms with Crippen LogP contribution >= 0.6 is 0 Å². The fourth-order valence-electron chi connectivity index (χ4n) is 4.82. The Hall–Kier alpha value is -2.61. The van der Waals surface area contributed by atoms with Crippen LogP contribution in [0.4, 0.5) is 0 Å². The largest absolute Gasteiger partial charge is 0.335 e. The van der Waals surface area contributed by atoms with Crippen LogP contribution in [-0.2, 0) is 6.54 Å². The van der Waals surface area contributed by atoms with Crippen LogP contribution in [0.5, 0.6) is 0 Å². The van der Waals surface area contributed by atoms with Gasteiger partial charge in [-0.3, -0.25) is 4.79 Å². The number of nitrogens with one attached hydrogen (secondary N) is 1. The van der Waals surface area contributed by atoms with Crippen molar-refractivity contribution in [1.29, 1.82) is 0 Å². The molecule has 8 heteroatoms. The summed E-state index contributed by atoms with van der Waals surface area (Å²) in [5.41, 5.74) is 5.03. The van der Waals surface area contributed by atoms with Gasteiger partial charge in [-0.1, -0.05) is 12.8 Å². The molecule has 2 fully saturated rings. The molecule has 1 aliphatic heterocycles. The van der Waals surface area contributed by atoms with Crippen molar-refractivity contribution in [3.05, 3.63) is 30.1 Å². The second-order valence-electron chi connectivity index (χ2n) is 7.86. The highest BCUT2D eigenvalue weighted by Gasteiger charge is 2.36. The first kappa shape index (κ1) is 18.7. The van der Waals surface area contributed by atoms with Crippen molar-refractivity contribution >= 4 is 22.8 Å². The van der Waals surface area contributed by atoms with E-state index in [0.29, 0.717) is 30.8 Å². The van der Waals surface area contributed by atoms with Crippen molar-refractivity contribution in [1.82, 2.24) is 19.9 Å². The van der Waals surface area contributed by atoms with E-state index in [0.717, 1.165) is 36.0 Å². The first-order chi connectivity index (χ1) is 13.7. The molecule has 2 aliphatic rings. The van der Waals surface area contributed by atoms with E-state index in [9.17, 15) is 4.79 Å². The lowest BCUT2D eigenvalue weighted by atomic mass is 9.78. The molecule has 8 nitrogen and oxygen atoms in total. The molecule has 5 N–H and O–H groups in total. The number of aromatic nitrogens is 2. The van der Waals surface area contributed by atoms with Crippen LogP contribution in [0.2, 0.25) is 0 Å². The van der Waals surface area contributed by atoms with Crippen molar-refractivity contribution in [2.75, 3.05) is 6.54 Å². The average Bonchev–Trinajstić information content (AvgIpc) is 3.16. The van der Waals surface area contributed by atoms with Gasteiger partial charge in [0.05, 0.1) is 17.4 Å². The minimum absolute atomic E-state index is 0.151. The number of hydrogen-bond acceptors (Lipinski definition) is 5. The number of amides is 1. The summed E-state index contributed by atoms with van der Waals surface area (Å²) in [6, 6.07) is 6.24. The number of hydrazine groups is 1. The number of piperidine rings is 1. The number of carbonyl (C=O) groups excluding carboxylic acids is 1. The van der Waals surface area contributed by atoms with Crippen LogP contribution < -0.4 is 17.1 Å². The average molecular weight is 384 g/mol. The minimum atomic E-state index is 0.151. The number of fused-ring (bicyclic) bond motifs is 2. The predicted molar refractivity (Wildman–Crippen MR) is 109 cm³/mol. The highest BCUT2D eigenvalue weighted by molar-refractivity contribution is 5.97. The minimum Gasteiger partial charge on any atom is -0.335 e. The zero-order valence-corrected chi connectivity index (χ0v) is 16.2. The maximum Gasteiger partial charge on any atom is 0.254 e. The molecule has 1 saturated carbocycles. The van der Waals surface area contributed by atoms with Gasteiger partial charge in [0.15, 0.2) is 0 Å². The second kappa shape index (κ2) is 8.18. The molecule has 28 heavy (non-hydrogen) atoms. The molecule has 2 unspecified atom stereocenters. The smallest absolute Gasteiger partial charge is 0.254 e. The Morgan fingerprint density at radius 3 is 2.89 bits per heavy atom. The van der Waals surface area contributed by atoms with E-state index in [4.69, 9.17) is 11.7 Å². The van der Waals surface area contributed by atoms with E-state index in [1.807, 2.05) is 22.8 Å². The maximum atomic E-state index is 13.2. The third-order valence-corrected chi connectivity index (χ3v) is 6.28. The lowest BCUT2D eigenvalue weighted by Gasteiger charge is -2.44. The number of carbonyl (C=O) groups is 1. The van der Waals surface area contributed by atoms with Crippen LogP contribution in [0.15, 0.2) is 29.6 Å². The molecule has 1 aromatic carbocycles. The van der Waals surface area contributed by atoms with Gasteiger partial charge >= 0.3 is 0 Å². The van der Waals surface area contributed by atoms with E-state index in [1.165, 1.54) is 25.7 Å². The zero-order chi connectivity index (χ0) is 19.5. The number of amidine groups is 1. The zero-order valence-electron chi connectivity index (χ0n) is 16.2. The summed E-state index contributed by atoms with van der Waals surface area (Å²) in [6.07, 6.45) is 9.70. The van der Waals surface area contributed by atoms with Gasteiger partial charge in [-0.2, -0.15) is 5.10 Å². The van der Waals surface area contributed by atoms with E-state index >= 15 is 0 Å². The predicted octanol–water partition coefficient (Wildman–Crippen LogP) is 1.96. The molecule has 0 spiro atoms. The number of aryl methyl sites for hydroxylation is 1. The van der Waals surface area contributed by atoms with Crippen LogP contribution in [0.3, 0.4) is 0 Å². The quantitative estimate of drug-likeness (QED) is 0.323. The molecule has 1 saturated heterocycles. The number of imidazole rings is 1. The number of rotatable bonds is 4. The van der Waals surface area contributed by atoms with Gasteiger partial charge in [-0.05, 0) is 49.8 Å². The topological polar surface area (TPSA) is 115 Å². The van der Waals surface area contributed by atoms with Gasteiger partial charge in [0, 0.05) is 31.1 Å². The highest BCUT2D eigenvalue weighted by atomic mass is 16.2. The Morgan fingerprint density at radius 2 is 2.07 bits per heavy atom. The van der Waals surface area contributed by atoms with Gasteiger partial charge < -0.3 is 20.7 Å². The Balaban J connectivity index is 1.52. The number of hydrazone groups is 1. The van der Waals surface area contributed by atoms with Gasteiger partial charge in [0.1, 0.15) is 5.84 Å². The molecular weight excluding hydrogens is 354 g/mol. The highest BCUT2D eigenvalue weighted by Crippen LogP contribution is 2.36. The van der Waals surface area contributed by atoms with Gasteiger partial charge in [0.25, 0.3) is 5.91 Å². The first-order valence-electron chi connectivity index (χ1n) is 10.2. The monoisotopic (exact) mass is 383 g/mol. The Morgan fingerprint density at radius 1 is 1.25 bits per heavy atom. The standard InChI is InChI=1S/C20H29N7O/c21-24-19(25-22)9-11-26-13-23-16-12-15(7-8-18(16)26)20(28)27-10-3-5-14-4-1-2-6-17(14)27/h7-8,12-14,17H,1-6,9-11,21-22H2,(H,24,25). The van der Waals surface area contributed by atoms with E-state index in [2.05, 4.69) is 20.4 Å². The molecular formula is C20H29N7O. The number of nitrogens with two attached hydrogens (primary N) is 2. The van der Waals surface area contributed by atoms with E-state index < -0.39 is 0 Å². The molecule has 2 aromatic rings. The molecule has 1 aromatic heterocycles. The van der Waals surface area contributed by atoms with Crippen LogP contribution in [-0.4, -0.2) is 38.8 Å². The summed E-state index contributed by atoms with van der Waals surface area (Å²) in [7, 11) is 0. The fourth-order valence-corrected chi connectivity index (χ4v) is 4.82. The van der Waals surface area contributed by atoms with Crippen molar-refractivity contribution in [3.8, 4) is 0 Å². The SMILES string of the molecule is N/N=C(/CCn1cnc2cc(C(=O)N3CCCC4CCCCC43)ccc21)NN. The lowest BCUT2D eigenvalue weighted by molar-refractivity contribution is 0.0391. The van der Waals surface area contributed by atoms with Gasteiger partial charge in [-0.25, -0.2) is 10.8 Å². The molecule has 1 aliphatic carbocycles. The van der Waals surface area contributed by atoms with Gasteiger partial charge in [-0.15, -0.1) is 0 Å². The summed E-state index contributed by atoms with van der Waals surface area (Å²) in [6.45, 7) is 1.53. The van der Waals surface area contributed by atoms with Crippen LogP contribution in [0, 0.1) is 5.92 Å². The van der Waals surface area contributed by atoms with Gasteiger partial charge in [0.2, 0.25) is 0 Å². The maximum absolute atomic E-state index is 13.2. The van der Waals surface area contributed by atoms with Crippen molar-refractivity contribution in [3.63, 3.8) is 0 Å². The lowest BCUT2D eigenvalue weighted by Crippen LogP contribution is -2.49. The Labute approximate surface area is 164 Å². The van der Waals surface area contributed by atoms with Crippen LogP contribution in [0.25, 0.3) is 11.0 Å². The summed E-state index contributed by atoms with van der Waals surface area (Å²) >= 11 is 0. The van der Waals surface area contributed by atoms with E-state index in [1.54, 1.807) is 6.33 Å². The van der Waals surface area contributed by atoms with Crippen molar-refractivity contribution in [2.24, 2.45) is 22.7 Å². The summed E-state index contributed by atoms with van der Waals surface area (Å²) in [5, 5.41) is 3.60. The molecule has 0 radical (unpaired) electrons. The fraction of sp³-hybridized carbons (Fsp3) is 0.550. The van der Waals surface area contributed by atoms with Crippen molar-refractivity contribution in [2.45, 2.75) is 57.5 Å². The summed E-state index contributed by atoms with van der Waals surface area (Å²) < 4.78 is 2.02. The summed E-state index contributed by atoms with van der Waals surface area (Å²) in [5.74, 6) is 12.0. The van der Waals surface area contributed by atoms with E-state index in [-0.39, 0.29) is 5.91 Å². The van der Waals surface area contributed by atoms with Crippen LogP contribution in [0.1, 0.15) is 55.3 Å². The third kappa shape index (κ3) is 3.56. The number of nitrogens with zero attached hydrogens (tertiary/aromatic N) is 4. The number of benzene rings is 1. The molecule has 0 bridgehead atoms. The Kier molecular flexibility index (Phi) is 5.47. The molecule has 2 heterocycles. The van der Waals surface area contributed by atoms with Crippen molar-refractivity contribution < 1.29 is 4.79 Å². The molecule has 2 atom stereocenters. The normalized spacial score (nSPS) is 22.9. The number of hydrogen-bond donors (Lipinski definition) is 3. The summed E-state index contributed by atoms with van der Waals surface area (Å²) in [4.78, 5) is 19.9. The molecule has 150 valence electrons.